The maximum Gasteiger partial charge on any atom is 0.203 e. The second-order valence-electron chi connectivity index (χ2n) is 7.55. The van der Waals surface area contributed by atoms with Crippen LogP contribution in [0.3, 0.4) is 0 Å². The van der Waals surface area contributed by atoms with Gasteiger partial charge in [-0.2, -0.15) is 0 Å². The molecule has 8 heteroatoms. The van der Waals surface area contributed by atoms with Gasteiger partial charge in [-0.25, -0.2) is 9.97 Å². The number of hydrogen-bond acceptors (Lipinski definition) is 8. The first kappa shape index (κ1) is 23.7. The number of aryl methyl sites for hydroxylation is 1. The van der Waals surface area contributed by atoms with E-state index in [9.17, 15) is 0 Å². The topological polar surface area (TPSA) is 84.0 Å². The van der Waals surface area contributed by atoms with Gasteiger partial charge in [0.15, 0.2) is 17.2 Å². The van der Waals surface area contributed by atoms with Crippen LogP contribution in [0.5, 0.6) is 34.5 Å². The monoisotopic (exact) mass is 473 g/mol. The Bertz CT molecular complexity index is 1300. The number of anilines is 2. The Morgan fingerprint density at radius 2 is 1.49 bits per heavy atom. The average molecular weight is 474 g/mol. The number of hydrogen-bond donors (Lipinski definition) is 1. The number of ether oxygens (including phenoxy) is 5. The molecular formula is C27H27N3O5. The molecule has 180 valence electrons. The zero-order chi connectivity index (χ0) is 24.8. The van der Waals surface area contributed by atoms with Gasteiger partial charge in [-0.3, -0.25) is 0 Å². The van der Waals surface area contributed by atoms with E-state index in [2.05, 4.69) is 10.3 Å². The summed E-state index contributed by atoms with van der Waals surface area (Å²) in [5.74, 6) is 4.14. The standard InChI is InChI=1S/C27H27N3O5/c1-17-9-10-22(26(29-17)18-7-6-8-20(13-18)31-2)35-21-11-12-28-25(16-21)30-19-14-23(32-3)27(34-5)24(15-19)33-4/h6-16H,1-5H3,(H,28,30). The molecule has 0 saturated heterocycles. The van der Waals surface area contributed by atoms with E-state index >= 15 is 0 Å². The third kappa shape index (κ3) is 5.38. The number of rotatable bonds is 9. The summed E-state index contributed by atoms with van der Waals surface area (Å²) < 4.78 is 27.9. The van der Waals surface area contributed by atoms with Crippen LogP contribution in [0.2, 0.25) is 0 Å². The van der Waals surface area contributed by atoms with Crippen LogP contribution in [0.15, 0.2) is 66.9 Å². The van der Waals surface area contributed by atoms with Gasteiger partial charge in [0.2, 0.25) is 5.75 Å². The lowest BCUT2D eigenvalue weighted by Gasteiger charge is -2.15. The van der Waals surface area contributed by atoms with Crippen molar-refractivity contribution in [3.8, 4) is 45.8 Å². The minimum atomic E-state index is 0.516. The van der Waals surface area contributed by atoms with E-state index in [1.165, 1.54) is 0 Å². The van der Waals surface area contributed by atoms with Crippen LogP contribution in [0.4, 0.5) is 11.5 Å². The van der Waals surface area contributed by atoms with Crippen molar-refractivity contribution < 1.29 is 23.7 Å². The highest BCUT2D eigenvalue weighted by Crippen LogP contribution is 2.41. The van der Waals surface area contributed by atoms with Gasteiger partial charge in [-0.15, -0.1) is 0 Å². The van der Waals surface area contributed by atoms with Gasteiger partial charge >= 0.3 is 0 Å². The second kappa shape index (κ2) is 10.6. The van der Waals surface area contributed by atoms with Crippen LogP contribution < -0.4 is 29.0 Å². The molecule has 0 unspecified atom stereocenters. The molecule has 4 rings (SSSR count). The lowest BCUT2D eigenvalue weighted by Crippen LogP contribution is -1.99. The fourth-order valence-corrected chi connectivity index (χ4v) is 3.57. The van der Waals surface area contributed by atoms with E-state index in [4.69, 9.17) is 28.7 Å². The fraction of sp³-hybridized carbons (Fsp3) is 0.185. The van der Waals surface area contributed by atoms with Gasteiger partial charge in [-0.05, 0) is 37.3 Å². The van der Waals surface area contributed by atoms with E-state index in [1.54, 1.807) is 58.9 Å². The van der Waals surface area contributed by atoms with Crippen LogP contribution in [0.1, 0.15) is 5.69 Å². The first-order valence-electron chi connectivity index (χ1n) is 10.9. The quantitative estimate of drug-likeness (QED) is 0.316. The summed E-state index contributed by atoms with van der Waals surface area (Å²) in [5, 5.41) is 3.26. The molecule has 1 N–H and O–H groups in total. The van der Waals surface area contributed by atoms with Crippen molar-refractivity contribution in [1.29, 1.82) is 0 Å². The largest absolute Gasteiger partial charge is 0.497 e. The van der Waals surface area contributed by atoms with Crippen LogP contribution in [0, 0.1) is 6.92 Å². The molecule has 0 aliphatic carbocycles. The SMILES string of the molecule is COc1cccc(-c2nc(C)ccc2Oc2ccnc(Nc3cc(OC)c(OC)c(OC)c3)c2)c1. The number of aromatic nitrogens is 2. The molecule has 0 aliphatic rings. The third-order valence-electron chi connectivity index (χ3n) is 5.24. The average Bonchev–Trinajstić information content (AvgIpc) is 2.89. The second-order valence-corrected chi connectivity index (χ2v) is 7.55. The molecule has 0 bridgehead atoms. The van der Waals surface area contributed by atoms with E-state index in [0.29, 0.717) is 34.6 Å². The van der Waals surface area contributed by atoms with Crippen LogP contribution in [0.25, 0.3) is 11.3 Å². The Morgan fingerprint density at radius 1 is 0.714 bits per heavy atom. The highest BCUT2D eigenvalue weighted by Gasteiger charge is 2.15. The normalized spacial score (nSPS) is 10.4. The molecule has 4 aromatic rings. The molecule has 0 saturated carbocycles. The van der Waals surface area contributed by atoms with Gasteiger partial charge in [0.05, 0.1) is 28.4 Å². The molecule has 0 spiro atoms. The van der Waals surface area contributed by atoms with Crippen molar-refractivity contribution >= 4 is 11.5 Å². The molecule has 0 fully saturated rings. The fourth-order valence-electron chi connectivity index (χ4n) is 3.57. The number of pyridine rings is 2. The predicted octanol–water partition coefficient (Wildman–Crippen LogP) is 6.02. The molecule has 8 nitrogen and oxygen atoms in total. The highest BCUT2D eigenvalue weighted by molar-refractivity contribution is 5.69. The van der Waals surface area contributed by atoms with Gasteiger partial charge < -0.3 is 29.0 Å². The molecule has 2 aromatic heterocycles. The molecule has 0 aliphatic heterocycles. The van der Waals surface area contributed by atoms with Crippen molar-refractivity contribution in [3.05, 3.63) is 72.6 Å². The lowest BCUT2D eigenvalue weighted by atomic mass is 10.1. The Kier molecular flexibility index (Phi) is 7.21. The maximum atomic E-state index is 6.24. The van der Waals surface area contributed by atoms with Crippen molar-refractivity contribution in [3.63, 3.8) is 0 Å². The Balaban J connectivity index is 1.63. The van der Waals surface area contributed by atoms with Crippen molar-refractivity contribution in [2.75, 3.05) is 33.8 Å². The van der Waals surface area contributed by atoms with Gasteiger partial charge in [0.25, 0.3) is 0 Å². The Labute approximate surface area is 204 Å². The first-order valence-corrected chi connectivity index (χ1v) is 10.9. The number of nitrogens with one attached hydrogen (secondary N) is 1. The van der Waals surface area contributed by atoms with E-state index < -0.39 is 0 Å². The summed E-state index contributed by atoms with van der Waals surface area (Å²) in [4.78, 5) is 9.12. The van der Waals surface area contributed by atoms with E-state index in [-0.39, 0.29) is 0 Å². The summed E-state index contributed by atoms with van der Waals surface area (Å²) in [6.07, 6.45) is 1.67. The van der Waals surface area contributed by atoms with Gasteiger partial charge in [0, 0.05) is 41.3 Å². The number of nitrogens with zero attached hydrogens (tertiary/aromatic N) is 2. The predicted molar refractivity (Wildman–Crippen MR) is 135 cm³/mol. The summed E-state index contributed by atoms with van der Waals surface area (Å²) in [6, 6.07) is 18.7. The summed E-state index contributed by atoms with van der Waals surface area (Å²) >= 11 is 0. The first-order chi connectivity index (χ1) is 17.0. The highest BCUT2D eigenvalue weighted by atomic mass is 16.5. The van der Waals surface area contributed by atoms with Crippen LogP contribution in [-0.2, 0) is 0 Å². The minimum Gasteiger partial charge on any atom is -0.497 e. The van der Waals surface area contributed by atoms with Crippen LogP contribution >= 0.6 is 0 Å². The van der Waals surface area contributed by atoms with Crippen molar-refractivity contribution in [2.24, 2.45) is 0 Å². The molecule has 0 atom stereocenters. The van der Waals surface area contributed by atoms with Gasteiger partial charge in [-0.1, -0.05) is 12.1 Å². The molecule has 2 aromatic carbocycles. The molecule has 0 amide bonds. The third-order valence-corrected chi connectivity index (χ3v) is 5.24. The molecule has 2 heterocycles. The zero-order valence-electron chi connectivity index (χ0n) is 20.3. The maximum absolute atomic E-state index is 6.24. The Morgan fingerprint density at radius 3 is 2.17 bits per heavy atom. The molecular weight excluding hydrogens is 446 g/mol. The Hall–Kier alpha value is -4.46. The molecule has 35 heavy (non-hydrogen) atoms. The van der Waals surface area contributed by atoms with Gasteiger partial charge in [0.1, 0.15) is 23.0 Å². The van der Waals surface area contributed by atoms with E-state index in [0.717, 1.165) is 28.4 Å². The van der Waals surface area contributed by atoms with E-state index in [1.807, 2.05) is 43.3 Å². The summed E-state index contributed by atoms with van der Waals surface area (Å²) in [7, 11) is 6.35. The lowest BCUT2D eigenvalue weighted by molar-refractivity contribution is 0.324. The zero-order valence-corrected chi connectivity index (χ0v) is 20.3. The number of methoxy groups -OCH3 is 4. The van der Waals surface area contributed by atoms with Crippen molar-refractivity contribution in [1.82, 2.24) is 9.97 Å². The summed E-state index contributed by atoms with van der Waals surface area (Å²) in [6.45, 7) is 1.94. The smallest absolute Gasteiger partial charge is 0.203 e. The van der Waals surface area contributed by atoms with Crippen molar-refractivity contribution in [2.45, 2.75) is 6.92 Å². The van der Waals surface area contributed by atoms with Crippen LogP contribution in [-0.4, -0.2) is 38.4 Å². The summed E-state index contributed by atoms with van der Waals surface area (Å²) in [5.41, 5.74) is 3.22. The molecule has 0 radical (unpaired) electrons. The minimum absolute atomic E-state index is 0.516. The number of benzene rings is 2.